The number of aryl methyl sites for hydroxylation is 1. The molecule has 0 radical (unpaired) electrons. The molecule has 1 unspecified atom stereocenters. The number of rotatable bonds is 6. The van der Waals surface area contributed by atoms with E-state index in [2.05, 4.69) is 10.3 Å². The summed E-state index contributed by atoms with van der Waals surface area (Å²) in [5.41, 5.74) is 1.03. The first-order valence-electron chi connectivity index (χ1n) is 5.43. The number of carbonyl (C=O) groups is 1. The van der Waals surface area contributed by atoms with Gasteiger partial charge in [-0.1, -0.05) is 0 Å². The molecular weight excluding hydrogens is 224 g/mol. The molecule has 0 saturated heterocycles. The first kappa shape index (κ1) is 13.1. The van der Waals surface area contributed by atoms with E-state index in [4.69, 9.17) is 5.11 Å². The van der Waals surface area contributed by atoms with E-state index in [9.17, 15) is 4.79 Å². The van der Waals surface area contributed by atoms with Gasteiger partial charge in [0.2, 0.25) is 5.91 Å². The van der Waals surface area contributed by atoms with E-state index in [-0.39, 0.29) is 5.91 Å². The topological polar surface area (TPSA) is 62.2 Å². The van der Waals surface area contributed by atoms with Gasteiger partial charge in [0.1, 0.15) is 0 Å². The van der Waals surface area contributed by atoms with Gasteiger partial charge in [-0.05, 0) is 20.3 Å². The minimum Gasteiger partial charge on any atom is -0.393 e. The molecule has 1 amide bonds. The van der Waals surface area contributed by atoms with E-state index < -0.39 is 6.10 Å². The molecule has 1 rings (SSSR count). The van der Waals surface area contributed by atoms with E-state index in [1.54, 1.807) is 18.3 Å². The molecule has 5 heteroatoms. The fourth-order valence-corrected chi connectivity index (χ4v) is 2.03. The maximum Gasteiger partial charge on any atom is 0.220 e. The monoisotopic (exact) mass is 242 g/mol. The Morgan fingerprint density at radius 2 is 2.44 bits per heavy atom. The molecule has 16 heavy (non-hydrogen) atoms. The average Bonchev–Trinajstić information content (AvgIpc) is 2.61. The molecule has 90 valence electrons. The zero-order valence-electron chi connectivity index (χ0n) is 9.69. The van der Waals surface area contributed by atoms with Crippen molar-refractivity contribution in [3.8, 4) is 0 Å². The van der Waals surface area contributed by atoms with Crippen LogP contribution in [0.15, 0.2) is 5.38 Å². The summed E-state index contributed by atoms with van der Waals surface area (Å²) < 4.78 is 0. The summed E-state index contributed by atoms with van der Waals surface area (Å²) in [6.07, 6.45) is 1.27. The molecule has 0 bridgehead atoms. The second-order valence-electron chi connectivity index (χ2n) is 3.87. The molecular formula is C11H18N2O2S. The number of aliphatic hydroxyl groups is 1. The highest BCUT2D eigenvalue weighted by Crippen LogP contribution is 2.08. The lowest BCUT2D eigenvalue weighted by molar-refractivity contribution is -0.121. The summed E-state index contributed by atoms with van der Waals surface area (Å²) >= 11 is 1.62. The first-order valence-corrected chi connectivity index (χ1v) is 6.31. The van der Waals surface area contributed by atoms with E-state index in [0.29, 0.717) is 19.4 Å². The molecule has 1 heterocycles. The number of hydrogen-bond donors (Lipinski definition) is 2. The third-order valence-electron chi connectivity index (χ3n) is 2.12. The Morgan fingerprint density at radius 3 is 3.00 bits per heavy atom. The molecule has 0 saturated carbocycles. The molecule has 1 aromatic heterocycles. The van der Waals surface area contributed by atoms with Crippen molar-refractivity contribution in [1.82, 2.24) is 10.3 Å². The molecule has 2 N–H and O–H groups in total. The molecule has 0 aliphatic rings. The molecule has 1 aromatic rings. The van der Waals surface area contributed by atoms with Crippen molar-refractivity contribution in [3.63, 3.8) is 0 Å². The van der Waals surface area contributed by atoms with Gasteiger partial charge < -0.3 is 10.4 Å². The van der Waals surface area contributed by atoms with Crippen molar-refractivity contribution < 1.29 is 9.90 Å². The summed E-state index contributed by atoms with van der Waals surface area (Å²) in [7, 11) is 0. The summed E-state index contributed by atoms with van der Waals surface area (Å²) in [5, 5.41) is 14.9. The highest BCUT2D eigenvalue weighted by molar-refractivity contribution is 7.09. The highest BCUT2D eigenvalue weighted by atomic mass is 32.1. The van der Waals surface area contributed by atoms with E-state index >= 15 is 0 Å². The summed E-state index contributed by atoms with van der Waals surface area (Å²) in [5.74, 6) is -0.00539. The molecule has 0 aliphatic carbocycles. The average molecular weight is 242 g/mol. The fourth-order valence-electron chi connectivity index (χ4n) is 1.25. The van der Waals surface area contributed by atoms with Crippen LogP contribution < -0.4 is 5.32 Å². The Balaban J connectivity index is 2.13. The maximum absolute atomic E-state index is 11.3. The van der Waals surface area contributed by atoms with Gasteiger partial charge in [-0.2, -0.15) is 0 Å². The van der Waals surface area contributed by atoms with Crippen LogP contribution in [-0.2, 0) is 11.2 Å². The molecule has 4 nitrogen and oxygen atoms in total. The molecule has 0 fully saturated rings. The van der Waals surface area contributed by atoms with Crippen molar-refractivity contribution in [3.05, 3.63) is 16.1 Å². The number of carbonyl (C=O) groups excluding carboxylic acids is 1. The second kappa shape index (κ2) is 6.60. The van der Waals surface area contributed by atoms with Crippen molar-refractivity contribution in [1.29, 1.82) is 0 Å². The third-order valence-corrected chi connectivity index (χ3v) is 3.14. The van der Waals surface area contributed by atoms with Gasteiger partial charge in [0.15, 0.2) is 0 Å². The fraction of sp³-hybridized carbons (Fsp3) is 0.636. The smallest absolute Gasteiger partial charge is 0.220 e. The molecule has 0 aliphatic heterocycles. The molecule has 0 spiro atoms. The SMILES string of the molecule is Cc1csc(CCNC(=O)CCC(C)O)n1. The third kappa shape index (κ3) is 5.23. The minimum atomic E-state index is -0.410. The molecule has 1 atom stereocenters. The highest BCUT2D eigenvalue weighted by Gasteiger charge is 2.04. The predicted octanol–water partition coefficient (Wildman–Crippen LogP) is 1.27. The number of amides is 1. The van der Waals surface area contributed by atoms with Gasteiger partial charge in [0, 0.05) is 30.5 Å². The van der Waals surface area contributed by atoms with Crippen LogP contribution in [0.25, 0.3) is 0 Å². The minimum absolute atomic E-state index is 0.00539. The number of nitrogens with zero attached hydrogens (tertiary/aromatic N) is 1. The lowest BCUT2D eigenvalue weighted by Crippen LogP contribution is -2.26. The van der Waals surface area contributed by atoms with E-state index in [1.807, 2.05) is 12.3 Å². The lowest BCUT2D eigenvalue weighted by Gasteiger charge is -2.05. The summed E-state index contributed by atoms with van der Waals surface area (Å²) in [6, 6.07) is 0. The van der Waals surface area contributed by atoms with Crippen LogP contribution >= 0.6 is 11.3 Å². The van der Waals surface area contributed by atoms with Gasteiger partial charge in [-0.25, -0.2) is 4.98 Å². The number of aromatic nitrogens is 1. The van der Waals surface area contributed by atoms with Crippen molar-refractivity contribution >= 4 is 17.2 Å². The zero-order chi connectivity index (χ0) is 12.0. The Hall–Kier alpha value is -0.940. The van der Waals surface area contributed by atoms with E-state index in [0.717, 1.165) is 17.1 Å². The Kier molecular flexibility index (Phi) is 5.42. The normalized spacial score (nSPS) is 12.4. The number of hydrogen-bond acceptors (Lipinski definition) is 4. The molecule has 0 aromatic carbocycles. The van der Waals surface area contributed by atoms with Crippen molar-refractivity contribution in [2.75, 3.05) is 6.54 Å². The van der Waals surface area contributed by atoms with Gasteiger partial charge >= 0.3 is 0 Å². The van der Waals surface area contributed by atoms with Crippen LogP contribution in [0.2, 0.25) is 0 Å². The Morgan fingerprint density at radius 1 is 1.69 bits per heavy atom. The van der Waals surface area contributed by atoms with Crippen LogP contribution in [0.1, 0.15) is 30.5 Å². The number of thiazole rings is 1. The quantitative estimate of drug-likeness (QED) is 0.789. The van der Waals surface area contributed by atoms with Gasteiger partial charge in [-0.3, -0.25) is 4.79 Å². The lowest BCUT2D eigenvalue weighted by atomic mass is 10.2. The van der Waals surface area contributed by atoms with E-state index in [1.165, 1.54) is 0 Å². The zero-order valence-corrected chi connectivity index (χ0v) is 10.5. The number of aliphatic hydroxyl groups excluding tert-OH is 1. The Bertz CT molecular complexity index is 336. The van der Waals surface area contributed by atoms with Crippen LogP contribution in [0.3, 0.4) is 0 Å². The maximum atomic E-state index is 11.3. The largest absolute Gasteiger partial charge is 0.393 e. The number of nitrogens with one attached hydrogen (secondary N) is 1. The summed E-state index contributed by atoms with van der Waals surface area (Å²) in [6.45, 7) is 4.26. The van der Waals surface area contributed by atoms with Gasteiger partial charge in [0.05, 0.1) is 11.1 Å². The van der Waals surface area contributed by atoms with Crippen LogP contribution in [0, 0.1) is 6.92 Å². The van der Waals surface area contributed by atoms with Gasteiger partial charge in [-0.15, -0.1) is 11.3 Å². The van der Waals surface area contributed by atoms with Crippen LogP contribution in [0.4, 0.5) is 0 Å². The standard InChI is InChI=1S/C11H18N2O2S/c1-8-7-16-11(13-8)5-6-12-10(15)4-3-9(2)14/h7,9,14H,3-6H2,1-2H3,(H,12,15). The summed E-state index contributed by atoms with van der Waals surface area (Å²) in [4.78, 5) is 15.6. The first-order chi connectivity index (χ1) is 7.58. The predicted molar refractivity (Wildman–Crippen MR) is 64.5 cm³/mol. The van der Waals surface area contributed by atoms with Crippen LogP contribution in [-0.4, -0.2) is 28.6 Å². The van der Waals surface area contributed by atoms with Crippen molar-refractivity contribution in [2.24, 2.45) is 0 Å². The van der Waals surface area contributed by atoms with Crippen LogP contribution in [0.5, 0.6) is 0 Å². The van der Waals surface area contributed by atoms with Gasteiger partial charge in [0.25, 0.3) is 0 Å². The van der Waals surface area contributed by atoms with Crippen molar-refractivity contribution in [2.45, 2.75) is 39.2 Å². The Labute approximate surface area is 99.7 Å². The second-order valence-corrected chi connectivity index (χ2v) is 4.81.